The third-order valence-corrected chi connectivity index (χ3v) is 7.69. The number of aromatic nitrogens is 4. The van der Waals surface area contributed by atoms with Crippen molar-refractivity contribution in [3.05, 3.63) is 64.4 Å². The number of carbonyl (C=O) groups excluding carboxylic acids is 1. The number of aryl methyl sites for hydroxylation is 3. The fourth-order valence-electron chi connectivity index (χ4n) is 5.76. The highest BCUT2D eigenvalue weighted by Crippen LogP contribution is 2.46. The third kappa shape index (κ3) is 5.33. The first-order valence-corrected chi connectivity index (χ1v) is 13.4. The molecule has 1 aromatic carbocycles. The summed E-state index contributed by atoms with van der Waals surface area (Å²) in [6, 6.07) is 10.1. The van der Waals surface area contributed by atoms with E-state index in [9.17, 15) is 9.90 Å². The van der Waals surface area contributed by atoms with Crippen LogP contribution < -0.4 is 4.74 Å². The molecule has 5 rings (SSSR count). The van der Waals surface area contributed by atoms with Crippen molar-refractivity contribution in [3.8, 4) is 5.75 Å². The molecule has 0 radical (unpaired) electrons. The number of nitrogens with zero attached hydrogens (tertiary/aromatic N) is 4. The van der Waals surface area contributed by atoms with Crippen molar-refractivity contribution >= 4 is 11.7 Å². The van der Waals surface area contributed by atoms with Crippen LogP contribution in [0.25, 0.3) is 5.78 Å². The highest BCUT2D eigenvalue weighted by molar-refractivity contribution is 5.90. The van der Waals surface area contributed by atoms with Crippen molar-refractivity contribution in [1.29, 1.82) is 0 Å². The zero-order chi connectivity index (χ0) is 26.0. The molecule has 1 aliphatic heterocycles. The number of hydrogen-bond acceptors (Lipinski definition) is 7. The number of aliphatic hydroxyl groups is 1. The van der Waals surface area contributed by atoms with Gasteiger partial charge in [0.15, 0.2) is 5.82 Å². The second kappa shape index (κ2) is 10.5. The van der Waals surface area contributed by atoms with Crippen molar-refractivity contribution in [1.82, 2.24) is 19.6 Å². The van der Waals surface area contributed by atoms with Crippen molar-refractivity contribution in [2.75, 3.05) is 6.61 Å². The molecule has 1 unspecified atom stereocenters. The second-order valence-electron chi connectivity index (χ2n) is 10.5. The summed E-state index contributed by atoms with van der Waals surface area (Å²) in [5, 5.41) is 15.7. The molecule has 1 saturated carbocycles. The second-order valence-corrected chi connectivity index (χ2v) is 10.5. The summed E-state index contributed by atoms with van der Waals surface area (Å²) in [7, 11) is 0. The van der Waals surface area contributed by atoms with Crippen LogP contribution in [0.5, 0.6) is 5.75 Å². The van der Waals surface area contributed by atoms with E-state index in [0.717, 1.165) is 55.7 Å². The lowest BCUT2D eigenvalue weighted by Crippen LogP contribution is -2.46. The van der Waals surface area contributed by atoms with Gasteiger partial charge in [-0.1, -0.05) is 31.9 Å². The molecule has 0 amide bonds. The largest absolute Gasteiger partial charge is 0.512 e. The van der Waals surface area contributed by atoms with Gasteiger partial charge in [-0.2, -0.15) is 4.98 Å². The molecule has 37 heavy (non-hydrogen) atoms. The molecule has 0 saturated heterocycles. The zero-order valence-corrected chi connectivity index (χ0v) is 22.0. The van der Waals surface area contributed by atoms with Gasteiger partial charge in [0.05, 0.1) is 12.2 Å². The minimum atomic E-state index is -0.694. The average molecular weight is 505 g/mol. The van der Waals surface area contributed by atoms with E-state index in [0.29, 0.717) is 31.1 Å². The van der Waals surface area contributed by atoms with E-state index < -0.39 is 11.6 Å². The number of rotatable bonds is 9. The standard InChI is InChI=1S/C29H36N4O4/c1-4-15-36-23-11-9-21(10-12-23)13-14-29(22-7-5-6-8-22)18-25(34)24(27(35)37-29)17-26-31-28-30-19(2)16-20(3)33(28)32-26/h9-12,16,22,34H,4-8,13-15,17-18H2,1-3H3. The Morgan fingerprint density at radius 1 is 1.16 bits per heavy atom. The molecule has 2 aromatic heterocycles. The maximum Gasteiger partial charge on any atom is 0.338 e. The molecule has 196 valence electrons. The number of fused-ring (bicyclic) bond motifs is 1. The minimum Gasteiger partial charge on any atom is -0.512 e. The van der Waals surface area contributed by atoms with Gasteiger partial charge in [0.1, 0.15) is 17.1 Å². The fourth-order valence-corrected chi connectivity index (χ4v) is 5.76. The predicted molar refractivity (Wildman–Crippen MR) is 140 cm³/mol. The van der Waals surface area contributed by atoms with E-state index in [1.54, 1.807) is 4.52 Å². The summed E-state index contributed by atoms with van der Waals surface area (Å²) >= 11 is 0. The molecule has 1 fully saturated rings. The minimum absolute atomic E-state index is 0.103. The molecule has 0 bridgehead atoms. The van der Waals surface area contributed by atoms with Gasteiger partial charge in [-0.15, -0.1) is 5.10 Å². The number of cyclic esters (lactones) is 1. The van der Waals surface area contributed by atoms with E-state index in [1.807, 2.05) is 32.0 Å². The van der Waals surface area contributed by atoms with Crippen LogP contribution in [0, 0.1) is 19.8 Å². The number of ether oxygens (including phenoxy) is 2. The Balaban J connectivity index is 1.35. The van der Waals surface area contributed by atoms with Gasteiger partial charge in [-0.05, 0) is 75.6 Å². The lowest BCUT2D eigenvalue weighted by atomic mass is 9.76. The third-order valence-electron chi connectivity index (χ3n) is 7.69. The lowest BCUT2D eigenvalue weighted by molar-refractivity contribution is -0.167. The highest BCUT2D eigenvalue weighted by Gasteiger charge is 2.48. The Kier molecular flexibility index (Phi) is 7.17. The van der Waals surface area contributed by atoms with Crippen LogP contribution >= 0.6 is 0 Å². The van der Waals surface area contributed by atoms with Crippen LogP contribution in [-0.4, -0.2) is 42.9 Å². The first kappa shape index (κ1) is 25.2. The highest BCUT2D eigenvalue weighted by atomic mass is 16.6. The number of carbonyl (C=O) groups is 1. The fraction of sp³-hybridized carbons (Fsp3) is 0.517. The van der Waals surface area contributed by atoms with E-state index in [-0.39, 0.29) is 23.7 Å². The van der Waals surface area contributed by atoms with Crippen LogP contribution in [0.1, 0.15) is 74.6 Å². The van der Waals surface area contributed by atoms with Crippen molar-refractivity contribution < 1.29 is 19.4 Å². The summed E-state index contributed by atoms with van der Waals surface area (Å²) in [6.07, 6.45) is 7.13. The topological polar surface area (TPSA) is 98.8 Å². The molecule has 2 aliphatic rings. The van der Waals surface area contributed by atoms with Gasteiger partial charge in [0.2, 0.25) is 0 Å². The molecule has 0 spiro atoms. The van der Waals surface area contributed by atoms with E-state index in [1.165, 1.54) is 5.56 Å². The summed E-state index contributed by atoms with van der Waals surface area (Å²) in [5.74, 6) is 1.69. The summed E-state index contributed by atoms with van der Waals surface area (Å²) in [5.41, 5.74) is 2.48. The Bertz CT molecular complexity index is 1310. The van der Waals surface area contributed by atoms with Crippen LogP contribution in [0.15, 0.2) is 41.7 Å². The van der Waals surface area contributed by atoms with E-state index in [2.05, 4.69) is 34.1 Å². The lowest BCUT2D eigenvalue weighted by Gasteiger charge is -2.41. The summed E-state index contributed by atoms with van der Waals surface area (Å²) in [6.45, 7) is 6.64. The quantitative estimate of drug-likeness (QED) is 0.390. The predicted octanol–water partition coefficient (Wildman–Crippen LogP) is 5.39. The Labute approximate surface area is 217 Å². The normalized spacial score (nSPS) is 20.6. The Morgan fingerprint density at radius 2 is 1.92 bits per heavy atom. The number of benzene rings is 1. The maximum atomic E-state index is 13.3. The van der Waals surface area contributed by atoms with Gasteiger partial charge >= 0.3 is 5.97 Å². The number of hydrogen-bond donors (Lipinski definition) is 1. The van der Waals surface area contributed by atoms with E-state index in [4.69, 9.17) is 9.47 Å². The monoisotopic (exact) mass is 504 g/mol. The molecule has 1 atom stereocenters. The van der Waals surface area contributed by atoms with Gasteiger partial charge in [0, 0.05) is 24.2 Å². The van der Waals surface area contributed by atoms with Gasteiger partial charge in [0.25, 0.3) is 5.78 Å². The smallest absolute Gasteiger partial charge is 0.338 e. The molecular formula is C29H36N4O4. The van der Waals surface area contributed by atoms with Gasteiger partial charge in [-0.25, -0.2) is 14.3 Å². The van der Waals surface area contributed by atoms with Gasteiger partial charge in [-0.3, -0.25) is 0 Å². The van der Waals surface area contributed by atoms with Crippen LogP contribution in [-0.2, 0) is 22.4 Å². The SMILES string of the molecule is CCCOc1ccc(CCC2(C3CCCC3)CC(O)=C(Cc3nc4nc(C)cc(C)n4n3)C(=O)O2)cc1. The summed E-state index contributed by atoms with van der Waals surface area (Å²) < 4.78 is 13.6. The molecule has 8 heteroatoms. The Morgan fingerprint density at radius 3 is 2.62 bits per heavy atom. The van der Waals surface area contributed by atoms with Crippen LogP contribution in [0.4, 0.5) is 0 Å². The maximum absolute atomic E-state index is 13.3. The van der Waals surface area contributed by atoms with Crippen molar-refractivity contribution in [2.24, 2.45) is 5.92 Å². The first-order valence-electron chi connectivity index (χ1n) is 13.4. The Hall–Kier alpha value is -3.42. The molecule has 1 N–H and O–H groups in total. The van der Waals surface area contributed by atoms with E-state index >= 15 is 0 Å². The van der Waals surface area contributed by atoms with Crippen LogP contribution in [0.3, 0.4) is 0 Å². The number of aliphatic hydroxyl groups excluding tert-OH is 1. The first-order chi connectivity index (χ1) is 17.9. The molecule has 8 nitrogen and oxygen atoms in total. The molecule has 3 heterocycles. The molecular weight excluding hydrogens is 468 g/mol. The van der Waals surface area contributed by atoms with Crippen molar-refractivity contribution in [2.45, 2.75) is 84.2 Å². The number of esters is 1. The van der Waals surface area contributed by atoms with Gasteiger partial charge < -0.3 is 14.6 Å². The zero-order valence-electron chi connectivity index (χ0n) is 22.0. The van der Waals surface area contributed by atoms with Crippen LogP contribution in [0.2, 0.25) is 0 Å². The average Bonchev–Trinajstić information content (AvgIpc) is 3.55. The molecule has 3 aromatic rings. The molecule has 1 aliphatic carbocycles. The summed E-state index contributed by atoms with van der Waals surface area (Å²) in [4.78, 5) is 22.3. The van der Waals surface area contributed by atoms with Crippen molar-refractivity contribution in [3.63, 3.8) is 0 Å².